The van der Waals surface area contributed by atoms with E-state index in [1.807, 2.05) is 0 Å². The van der Waals surface area contributed by atoms with Gasteiger partial charge in [-0.15, -0.1) is 0 Å². The molecule has 1 fully saturated rings. The van der Waals surface area contributed by atoms with E-state index in [2.05, 4.69) is 37.0 Å². The third-order valence-electron chi connectivity index (χ3n) is 13.2. The van der Waals surface area contributed by atoms with Crippen molar-refractivity contribution in [1.82, 2.24) is 9.55 Å². The van der Waals surface area contributed by atoms with Crippen LogP contribution < -0.4 is 11.4 Å². The average molecular weight is 1050 g/mol. The Morgan fingerprint density at radius 1 is 0.676 bits per heavy atom. The Morgan fingerprint density at radius 2 is 1.13 bits per heavy atom. The number of rotatable bonds is 45. The lowest BCUT2D eigenvalue weighted by molar-refractivity contribution is -0.161. The van der Waals surface area contributed by atoms with Crippen molar-refractivity contribution in [3.8, 4) is 0 Å². The Labute approximate surface area is 425 Å². The third kappa shape index (κ3) is 32.0. The molecule has 8 atom stereocenters. The number of aliphatic hydroxyl groups is 2. The van der Waals surface area contributed by atoms with Gasteiger partial charge in [0.05, 0.1) is 13.2 Å². The molecule has 1 aliphatic rings. The summed E-state index contributed by atoms with van der Waals surface area (Å²) in [5.74, 6) is 0.335. The number of phosphoric acid groups is 2. The second kappa shape index (κ2) is 38.3. The molecule has 20 heteroatoms. The Hall–Kier alpha value is -2.24. The highest BCUT2D eigenvalue weighted by Gasteiger charge is 2.46. The zero-order valence-corrected chi connectivity index (χ0v) is 45.7. The Kier molecular flexibility index (Phi) is 35.0. The van der Waals surface area contributed by atoms with Gasteiger partial charge in [0, 0.05) is 19.0 Å². The summed E-state index contributed by atoms with van der Waals surface area (Å²) < 4.78 is 56.9. The highest BCUT2D eigenvalue weighted by Crippen LogP contribution is 2.60. The maximum atomic E-state index is 12.9. The van der Waals surface area contributed by atoms with Gasteiger partial charge >= 0.3 is 33.3 Å². The van der Waals surface area contributed by atoms with E-state index in [9.17, 15) is 43.5 Å². The van der Waals surface area contributed by atoms with Gasteiger partial charge in [0.15, 0.2) is 12.3 Å². The van der Waals surface area contributed by atoms with Gasteiger partial charge in [0.25, 0.3) is 0 Å². The van der Waals surface area contributed by atoms with Gasteiger partial charge in [-0.25, -0.2) is 13.9 Å². The predicted molar refractivity (Wildman–Crippen MR) is 275 cm³/mol. The second-order valence-electron chi connectivity index (χ2n) is 20.2. The third-order valence-corrected chi connectivity index (χ3v) is 15.8. The van der Waals surface area contributed by atoms with E-state index < -0.39 is 83.7 Å². The lowest BCUT2D eigenvalue weighted by Crippen LogP contribution is -2.36. The zero-order chi connectivity index (χ0) is 52.3. The van der Waals surface area contributed by atoms with Crippen molar-refractivity contribution in [2.24, 2.45) is 11.8 Å². The van der Waals surface area contributed by atoms with Crippen LogP contribution in [0.5, 0.6) is 0 Å². The van der Waals surface area contributed by atoms with Gasteiger partial charge in [-0.3, -0.25) is 23.2 Å². The number of aliphatic hydroxyl groups excluding tert-OH is 2. The monoisotopic (exact) mass is 1050 g/mol. The molecule has 4 unspecified atom stereocenters. The van der Waals surface area contributed by atoms with Gasteiger partial charge in [0.2, 0.25) is 0 Å². The first kappa shape index (κ1) is 64.9. The highest BCUT2D eigenvalue weighted by molar-refractivity contribution is 7.61. The number of hydrogen-bond donors (Lipinski definition) is 5. The number of carbonyl (C=O) groups excluding carboxylic acids is 2. The number of nitrogens with zero attached hydrogens (tertiary/aromatic N) is 2. The summed E-state index contributed by atoms with van der Waals surface area (Å²) in [6.45, 7) is 6.85. The normalized spacial score (nSPS) is 19.6. The molecule has 414 valence electrons. The van der Waals surface area contributed by atoms with Crippen molar-refractivity contribution in [3.63, 3.8) is 0 Å². The molecule has 0 amide bonds. The number of carbonyl (C=O) groups is 2. The molecule has 1 aromatic rings. The van der Waals surface area contributed by atoms with Crippen LogP contribution >= 0.6 is 15.6 Å². The minimum atomic E-state index is -5.42. The Morgan fingerprint density at radius 3 is 1.61 bits per heavy atom. The number of unbranched alkanes of at least 4 members (excludes halogenated alkanes) is 24. The van der Waals surface area contributed by atoms with E-state index in [4.69, 9.17) is 29.0 Å². The fourth-order valence-corrected chi connectivity index (χ4v) is 10.6. The predicted octanol–water partition coefficient (Wildman–Crippen LogP) is 11.6. The van der Waals surface area contributed by atoms with Gasteiger partial charge in [-0.1, -0.05) is 201 Å². The van der Waals surface area contributed by atoms with Gasteiger partial charge < -0.3 is 39.9 Å². The van der Waals surface area contributed by atoms with Crippen molar-refractivity contribution in [3.05, 3.63) is 22.7 Å². The molecule has 71 heavy (non-hydrogen) atoms. The first-order valence-electron chi connectivity index (χ1n) is 27.3. The van der Waals surface area contributed by atoms with E-state index in [1.54, 1.807) is 0 Å². The fourth-order valence-electron chi connectivity index (χ4n) is 8.54. The molecule has 0 aliphatic carbocycles. The number of nitrogens with two attached hydrogens (primary N) is 1. The van der Waals surface area contributed by atoms with Crippen molar-refractivity contribution < 1.29 is 66.3 Å². The van der Waals surface area contributed by atoms with E-state index in [0.29, 0.717) is 12.8 Å². The number of esters is 2. The molecule has 0 aromatic carbocycles. The van der Waals surface area contributed by atoms with Crippen LogP contribution in [0.3, 0.4) is 0 Å². The number of aromatic nitrogens is 2. The van der Waals surface area contributed by atoms with Crippen LogP contribution in [0.1, 0.15) is 233 Å². The lowest BCUT2D eigenvalue weighted by Gasteiger charge is -2.21. The zero-order valence-electron chi connectivity index (χ0n) is 43.9. The summed E-state index contributed by atoms with van der Waals surface area (Å²) in [6.07, 6.45) is 27.6. The molecule has 0 saturated carbocycles. The van der Waals surface area contributed by atoms with Crippen LogP contribution in [0.4, 0.5) is 5.82 Å². The first-order chi connectivity index (χ1) is 33.9. The van der Waals surface area contributed by atoms with Crippen molar-refractivity contribution in [2.45, 2.75) is 257 Å². The van der Waals surface area contributed by atoms with Crippen LogP contribution in [-0.2, 0) is 46.3 Å². The molecule has 1 aliphatic heterocycles. The number of anilines is 1. The number of hydrogen-bond acceptors (Lipinski definition) is 15. The molecule has 18 nitrogen and oxygen atoms in total. The van der Waals surface area contributed by atoms with Gasteiger partial charge in [-0.2, -0.15) is 9.29 Å². The van der Waals surface area contributed by atoms with Crippen molar-refractivity contribution >= 4 is 33.4 Å². The maximum absolute atomic E-state index is 12.9. The smallest absolute Gasteiger partial charge is 0.462 e. The minimum absolute atomic E-state index is 0.0561. The number of ether oxygens (including phenoxy) is 3. The molecule has 1 aromatic heterocycles. The fraction of sp³-hybridized carbons (Fsp3) is 0.882. The number of nitrogen functional groups attached to an aromatic ring is 1. The molecule has 0 bridgehead atoms. The minimum Gasteiger partial charge on any atom is -0.462 e. The average Bonchev–Trinajstić information content (AvgIpc) is 3.59. The van der Waals surface area contributed by atoms with Crippen LogP contribution in [-0.4, -0.2) is 85.7 Å². The van der Waals surface area contributed by atoms with Gasteiger partial charge in [0.1, 0.15) is 30.7 Å². The Balaban J connectivity index is 1.76. The standard InChI is InChI=1S/C51H95N3O15P2/c1-5-42(4)33-29-25-21-17-14-15-19-23-27-31-35-47(56)67-43(38-64-46(55)34-30-26-22-18-13-11-9-7-6-8-10-12-16-20-24-28-32-41(2)3)39-65-70(60,61)69-71(62,63)66-40-44-48(57)49(58)50(68-44)54-37-36-45(52)53-51(54)59/h36-37,41-44,48-50,57-58H,5-35,38-40H2,1-4H3,(H,60,61)(H,62,63)(H2,52,53,59)/t42?,43-,44-,48+,49?,50-/m1/s1. The van der Waals surface area contributed by atoms with Crippen LogP contribution in [0.2, 0.25) is 0 Å². The summed E-state index contributed by atoms with van der Waals surface area (Å²) in [5, 5.41) is 20.9. The van der Waals surface area contributed by atoms with Crippen LogP contribution in [0, 0.1) is 11.8 Å². The second-order valence-corrected chi connectivity index (χ2v) is 23.2. The van der Waals surface area contributed by atoms with Crippen LogP contribution in [0.25, 0.3) is 0 Å². The topological polar surface area (TPSA) is 265 Å². The van der Waals surface area contributed by atoms with E-state index in [-0.39, 0.29) is 18.7 Å². The summed E-state index contributed by atoms with van der Waals surface area (Å²) in [5.41, 5.74) is 4.60. The maximum Gasteiger partial charge on any atom is 0.481 e. The molecule has 2 heterocycles. The Bertz CT molecular complexity index is 1720. The summed E-state index contributed by atoms with van der Waals surface area (Å²) in [7, 11) is -10.8. The molecule has 2 rings (SSSR count). The molecule has 0 radical (unpaired) electrons. The van der Waals surface area contributed by atoms with Crippen molar-refractivity contribution in [2.75, 3.05) is 25.6 Å². The molecular weight excluding hydrogens is 957 g/mol. The summed E-state index contributed by atoms with van der Waals surface area (Å²) in [6, 6.07) is 1.25. The SMILES string of the molecule is CCC(C)CCCCCCCCCCCCC(=O)O[C@H](COC(=O)CCCCCCCCCCCCCCCCCCC(C)C)COP(=O)(O)OP(=O)(O)OC[C@H]1O[C@@H](n2ccc(N)nc2=O)C(O)[C@H]1O. The van der Waals surface area contributed by atoms with Crippen molar-refractivity contribution in [1.29, 1.82) is 0 Å². The van der Waals surface area contributed by atoms with Gasteiger partial charge in [-0.05, 0) is 30.7 Å². The molecule has 6 N–H and O–H groups in total. The summed E-state index contributed by atoms with van der Waals surface area (Å²) >= 11 is 0. The lowest BCUT2D eigenvalue weighted by atomic mass is 9.99. The highest BCUT2D eigenvalue weighted by atomic mass is 31.3. The number of phosphoric ester groups is 2. The molecular formula is C51H95N3O15P2. The van der Waals surface area contributed by atoms with E-state index in [1.165, 1.54) is 141 Å². The molecule has 0 spiro atoms. The largest absolute Gasteiger partial charge is 0.481 e. The summed E-state index contributed by atoms with van der Waals surface area (Å²) in [4.78, 5) is 62.0. The van der Waals surface area contributed by atoms with E-state index in [0.717, 1.165) is 61.3 Å². The quantitative estimate of drug-likeness (QED) is 0.0231. The first-order valence-corrected chi connectivity index (χ1v) is 30.3. The van der Waals surface area contributed by atoms with Crippen LogP contribution in [0.15, 0.2) is 17.1 Å². The van der Waals surface area contributed by atoms with E-state index >= 15 is 0 Å². The molecule has 1 saturated heterocycles.